The van der Waals surface area contributed by atoms with Crippen LogP contribution in [-0.4, -0.2) is 55.5 Å². The van der Waals surface area contributed by atoms with Crippen LogP contribution < -0.4 is 10.2 Å². The quantitative estimate of drug-likeness (QED) is 0.520. The van der Waals surface area contributed by atoms with E-state index in [-0.39, 0.29) is 18.4 Å². The molecule has 1 saturated heterocycles. The maximum Gasteiger partial charge on any atom is 0.229 e. The monoisotopic (exact) mass is 436 g/mol. The summed E-state index contributed by atoms with van der Waals surface area (Å²) in [7, 11) is 0. The van der Waals surface area contributed by atoms with Gasteiger partial charge in [0.2, 0.25) is 5.95 Å². The van der Waals surface area contributed by atoms with Gasteiger partial charge in [0.25, 0.3) is 0 Å². The lowest BCUT2D eigenvalue weighted by Crippen LogP contribution is -2.33. The molecule has 0 radical (unpaired) electrons. The van der Waals surface area contributed by atoms with E-state index in [2.05, 4.69) is 14.8 Å². The number of phenols is 1. The van der Waals surface area contributed by atoms with Gasteiger partial charge in [0.15, 0.2) is 17.0 Å². The molecular weight excluding hydrogens is 404 g/mol. The Kier molecular flexibility index (Phi) is 6.12. The average molecular weight is 437 g/mol. The zero-order chi connectivity index (χ0) is 21.9. The number of fused-ring (bicyclic) bond motifs is 1. The highest BCUT2D eigenvalue weighted by Crippen LogP contribution is 2.33. The molecule has 0 bridgehead atoms. The van der Waals surface area contributed by atoms with Gasteiger partial charge in [-0.1, -0.05) is 31.4 Å². The number of hydrogen-bond donors (Lipinski definition) is 3. The molecule has 1 unspecified atom stereocenters. The van der Waals surface area contributed by atoms with Crippen molar-refractivity contribution in [1.29, 1.82) is 0 Å². The van der Waals surface area contributed by atoms with Crippen LogP contribution in [0.1, 0.15) is 56.6 Å². The van der Waals surface area contributed by atoms with E-state index in [1.165, 1.54) is 19.3 Å². The van der Waals surface area contributed by atoms with Gasteiger partial charge in [0, 0.05) is 19.1 Å². The molecule has 1 aromatic carbocycles. The number of nitrogens with zero attached hydrogens (tertiary/aromatic N) is 5. The lowest BCUT2D eigenvalue weighted by molar-refractivity contribution is 0.265. The molecule has 1 aliphatic carbocycles. The minimum atomic E-state index is 0.0725. The predicted molar refractivity (Wildman–Crippen MR) is 125 cm³/mol. The summed E-state index contributed by atoms with van der Waals surface area (Å²) < 4.78 is 2.24. The summed E-state index contributed by atoms with van der Waals surface area (Å²) in [6, 6.07) is 7.81. The van der Waals surface area contributed by atoms with Crippen molar-refractivity contribution in [3.05, 3.63) is 36.2 Å². The average Bonchev–Trinajstić information content (AvgIpc) is 3.48. The van der Waals surface area contributed by atoms with Gasteiger partial charge in [-0.15, -0.1) is 0 Å². The molecule has 2 fully saturated rings. The Labute approximate surface area is 188 Å². The number of aliphatic hydroxyl groups is 1. The molecule has 3 N–H and O–H groups in total. The summed E-state index contributed by atoms with van der Waals surface area (Å²) in [5.41, 5.74) is 2.84. The Hall–Kier alpha value is -2.87. The number of aliphatic hydroxyl groups excluding tert-OH is 1. The van der Waals surface area contributed by atoms with E-state index < -0.39 is 0 Å². The van der Waals surface area contributed by atoms with E-state index >= 15 is 0 Å². The number of hydrogen-bond acceptors (Lipinski definition) is 7. The van der Waals surface area contributed by atoms with E-state index in [1.54, 1.807) is 12.1 Å². The summed E-state index contributed by atoms with van der Waals surface area (Å²) in [5.74, 6) is 1.71. The third-order valence-electron chi connectivity index (χ3n) is 6.86. The van der Waals surface area contributed by atoms with Crippen LogP contribution in [0.2, 0.25) is 0 Å². The fraction of sp³-hybridized carbons (Fsp3) is 0.542. The maximum absolute atomic E-state index is 9.84. The van der Waals surface area contributed by atoms with Crippen LogP contribution in [-0.2, 0) is 6.42 Å². The first-order chi connectivity index (χ1) is 15.7. The van der Waals surface area contributed by atoms with Crippen molar-refractivity contribution in [2.24, 2.45) is 0 Å². The zero-order valence-corrected chi connectivity index (χ0v) is 18.5. The maximum atomic E-state index is 9.84. The van der Waals surface area contributed by atoms with E-state index in [0.29, 0.717) is 18.5 Å². The molecule has 5 rings (SSSR count). The summed E-state index contributed by atoms with van der Waals surface area (Å²) in [4.78, 5) is 16.7. The highest BCUT2D eigenvalue weighted by atomic mass is 16.3. The van der Waals surface area contributed by atoms with Gasteiger partial charge in [0.05, 0.1) is 19.0 Å². The van der Waals surface area contributed by atoms with Crippen molar-refractivity contribution in [2.75, 3.05) is 29.9 Å². The number of phenolic OH excluding ortho intramolecular Hbond substituents is 1. The fourth-order valence-electron chi connectivity index (χ4n) is 5.06. The highest BCUT2D eigenvalue weighted by molar-refractivity contribution is 5.84. The van der Waals surface area contributed by atoms with Gasteiger partial charge in [0.1, 0.15) is 5.75 Å². The van der Waals surface area contributed by atoms with Crippen LogP contribution >= 0.6 is 0 Å². The molecule has 0 amide bonds. The minimum absolute atomic E-state index is 0.0725. The number of imidazole rings is 1. The van der Waals surface area contributed by atoms with Crippen molar-refractivity contribution in [1.82, 2.24) is 19.5 Å². The molecule has 8 heteroatoms. The van der Waals surface area contributed by atoms with Crippen molar-refractivity contribution >= 4 is 22.9 Å². The van der Waals surface area contributed by atoms with Crippen molar-refractivity contribution in [3.8, 4) is 5.75 Å². The van der Waals surface area contributed by atoms with Crippen molar-refractivity contribution < 1.29 is 10.2 Å². The Morgan fingerprint density at radius 3 is 2.59 bits per heavy atom. The van der Waals surface area contributed by atoms with Crippen molar-refractivity contribution in [2.45, 2.75) is 63.5 Å². The second kappa shape index (κ2) is 9.32. The van der Waals surface area contributed by atoms with Crippen LogP contribution in [0.15, 0.2) is 30.6 Å². The van der Waals surface area contributed by atoms with Crippen LogP contribution in [0, 0.1) is 0 Å². The normalized spacial score (nSPS) is 19.7. The molecule has 3 aromatic rings. The van der Waals surface area contributed by atoms with Gasteiger partial charge in [-0.2, -0.15) is 9.97 Å². The predicted octanol–water partition coefficient (Wildman–Crippen LogP) is 3.65. The Morgan fingerprint density at radius 1 is 1.00 bits per heavy atom. The number of anilines is 2. The van der Waals surface area contributed by atoms with E-state index in [4.69, 9.17) is 15.0 Å². The number of rotatable bonds is 7. The van der Waals surface area contributed by atoms with Gasteiger partial charge >= 0.3 is 0 Å². The Bertz CT molecular complexity index is 1040. The summed E-state index contributed by atoms with van der Waals surface area (Å²) >= 11 is 0. The van der Waals surface area contributed by atoms with Gasteiger partial charge in [-0.25, -0.2) is 4.98 Å². The van der Waals surface area contributed by atoms with Gasteiger partial charge in [-0.05, 0) is 49.8 Å². The van der Waals surface area contributed by atoms with E-state index in [0.717, 1.165) is 61.2 Å². The molecule has 32 heavy (non-hydrogen) atoms. The van der Waals surface area contributed by atoms with Crippen LogP contribution in [0.4, 0.5) is 11.8 Å². The lowest BCUT2D eigenvalue weighted by Gasteiger charge is -2.25. The smallest absolute Gasteiger partial charge is 0.229 e. The first kappa shape index (κ1) is 21.0. The first-order valence-corrected chi connectivity index (χ1v) is 11.9. The van der Waals surface area contributed by atoms with Crippen LogP contribution in [0.3, 0.4) is 0 Å². The van der Waals surface area contributed by atoms with Gasteiger partial charge in [-0.3, -0.25) is 0 Å². The van der Waals surface area contributed by atoms with E-state index in [1.807, 2.05) is 18.5 Å². The summed E-state index contributed by atoms with van der Waals surface area (Å²) in [5, 5.41) is 22.8. The van der Waals surface area contributed by atoms with Gasteiger partial charge < -0.3 is 25.0 Å². The summed E-state index contributed by atoms with van der Waals surface area (Å²) in [6.45, 7) is 1.68. The third kappa shape index (κ3) is 4.24. The number of aromatic hydroxyl groups is 1. The standard InChI is InChI=1S/C24H32N6O2/c31-15-19-7-4-14-29(19)24-27-22(25-13-12-17-8-10-20(32)11-9-17)21-23(28-24)30(16-26-21)18-5-2-1-3-6-18/h8-11,16,18-19,31-32H,1-7,12-15H2,(H,25,27,28). The molecule has 2 aromatic heterocycles. The molecule has 1 saturated carbocycles. The molecule has 1 aliphatic heterocycles. The van der Waals surface area contributed by atoms with Crippen LogP contribution in [0.5, 0.6) is 5.75 Å². The Morgan fingerprint density at radius 2 is 1.81 bits per heavy atom. The molecule has 170 valence electrons. The summed E-state index contributed by atoms with van der Waals surface area (Å²) in [6.07, 6.45) is 10.9. The van der Waals surface area contributed by atoms with Crippen LogP contribution in [0.25, 0.3) is 11.2 Å². The molecule has 1 atom stereocenters. The second-order valence-corrected chi connectivity index (χ2v) is 9.00. The molecule has 0 spiro atoms. The molecule has 8 nitrogen and oxygen atoms in total. The minimum Gasteiger partial charge on any atom is -0.508 e. The number of nitrogens with one attached hydrogen (secondary N) is 1. The largest absolute Gasteiger partial charge is 0.508 e. The third-order valence-corrected chi connectivity index (χ3v) is 6.86. The topological polar surface area (TPSA) is 99.3 Å². The SMILES string of the molecule is OCC1CCCN1c1nc(NCCc2ccc(O)cc2)c2ncn(C3CCCCC3)c2n1. The zero-order valence-electron chi connectivity index (χ0n) is 18.5. The molecular formula is C24H32N6O2. The van der Waals surface area contributed by atoms with E-state index in [9.17, 15) is 10.2 Å². The highest BCUT2D eigenvalue weighted by Gasteiger charge is 2.28. The number of aromatic nitrogens is 4. The second-order valence-electron chi connectivity index (χ2n) is 9.00. The lowest BCUT2D eigenvalue weighted by atomic mass is 9.95. The molecule has 2 aliphatic rings. The Balaban J connectivity index is 1.45. The first-order valence-electron chi connectivity index (χ1n) is 11.9. The molecule has 3 heterocycles. The van der Waals surface area contributed by atoms with Crippen molar-refractivity contribution in [3.63, 3.8) is 0 Å². The number of benzene rings is 1. The fourth-order valence-corrected chi connectivity index (χ4v) is 5.06.